The van der Waals surface area contributed by atoms with Crippen LogP contribution in [0.2, 0.25) is 0 Å². The molecule has 0 spiro atoms. The molecule has 1 unspecified atom stereocenters. The number of hydrogen-bond donors (Lipinski definition) is 1. The van der Waals surface area contributed by atoms with Crippen LogP contribution in [0.5, 0.6) is 5.75 Å². The van der Waals surface area contributed by atoms with Crippen LogP contribution in [-0.2, 0) is 0 Å². The van der Waals surface area contributed by atoms with Gasteiger partial charge in [-0.25, -0.2) is 0 Å². The Kier molecular flexibility index (Phi) is 2.55. The molecule has 0 saturated carbocycles. The van der Waals surface area contributed by atoms with Crippen LogP contribution >= 0.6 is 0 Å². The standard InChI is InChI=1S/C12H15NO/c1-14-12-5-3-2-4-11(12)9-6-7-10(13)8-9/h2-5,8,10H,6-7,13H2,1H3. The molecule has 2 heteroatoms. The Labute approximate surface area is 84.4 Å². The van der Waals surface area contributed by atoms with Crippen molar-refractivity contribution in [3.8, 4) is 5.75 Å². The molecule has 14 heavy (non-hydrogen) atoms. The summed E-state index contributed by atoms with van der Waals surface area (Å²) >= 11 is 0. The minimum Gasteiger partial charge on any atom is -0.496 e. The minimum atomic E-state index is 0.218. The molecule has 1 atom stereocenters. The van der Waals surface area contributed by atoms with Gasteiger partial charge >= 0.3 is 0 Å². The van der Waals surface area contributed by atoms with Crippen LogP contribution in [-0.4, -0.2) is 13.2 Å². The molecule has 0 amide bonds. The normalized spacial score (nSPS) is 20.7. The third kappa shape index (κ3) is 1.66. The molecule has 74 valence electrons. The molecule has 0 aliphatic heterocycles. The first-order valence-corrected chi connectivity index (χ1v) is 4.91. The average Bonchev–Trinajstić information content (AvgIpc) is 2.65. The van der Waals surface area contributed by atoms with Crippen molar-refractivity contribution in [3.63, 3.8) is 0 Å². The van der Waals surface area contributed by atoms with Gasteiger partial charge < -0.3 is 10.5 Å². The van der Waals surface area contributed by atoms with E-state index < -0.39 is 0 Å². The Morgan fingerprint density at radius 2 is 2.14 bits per heavy atom. The summed E-state index contributed by atoms with van der Waals surface area (Å²) in [5, 5.41) is 0. The molecule has 0 bridgehead atoms. The Balaban J connectivity index is 2.36. The van der Waals surface area contributed by atoms with Gasteiger partial charge in [0, 0.05) is 11.6 Å². The lowest BCUT2D eigenvalue weighted by molar-refractivity contribution is 0.413. The smallest absolute Gasteiger partial charge is 0.126 e. The summed E-state index contributed by atoms with van der Waals surface area (Å²) in [6.45, 7) is 0. The third-order valence-electron chi connectivity index (χ3n) is 2.62. The molecular weight excluding hydrogens is 174 g/mol. The summed E-state index contributed by atoms with van der Waals surface area (Å²) in [6.07, 6.45) is 4.24. The largest absolute Gasteiger partial charge is 0.496 e. The number of nitrogens with two attached hydrogens (primary N) is 1. The maximum atomic E-state index is 5.84. The van der Waals surface area contributed by atoms with E-state index in [1.165, 1.54) is 11.1 Å². The molecule has 2 rings (SSSR count). The molecule has 1 aromatic rings. The van der Waals surface area contributed by atoms with Crippen molar-refractivity contribution in [1.82, 2.24) is 0 Å². The van der Waals surface area contributed by atoms with Crippen LogP contribution in [0.1, 0.15) is 18.4 Å². The molecule has 1 aromatic carbocycles. The highest BCUT2D eigenvalue weighted by molar-refractivity contribution is 5.72. The summed E-state index contributed by atoms with van der Waals surface area (Å²) in [6, 6.07) is 8.30. The highest BCUT2D eigenvalue weighted by Gasteiger charge is 2.15. The molecule has 2 N–H and O–H groups in total. The zero-order valence-electron chi connectivity index (χ0n) is 8.36. The lowest BCUT2D eigenvalue weighted by Gasteiger charge is -2.08. The highest BCUT2D eigenvalue weighted by Crippen LogP contribution is 2.32. The van der Waals surface area contributed by atoms with Gasteiger partial charge in [0.25, 0.3) is 0 Å². The van der Waals surface area contributed by atoms with E-state index in [0.717, 1.165) is 18.6 Å². The van der Waals surface area contributed by atoms with Gasteiger partial charge in [-0.2, -0.15) is 0 Å². The number of rotatable bonds is 2. The van der Waals surface area contributed by atoms with Gasteiger partial charge in [-0.05, 0) is 24.5 Å². The van der Waals surface area contributed by atoms with E-state index in [1.54, 1.807) is 7.11 Å². The van der Waals surface area contributed by atoms with Crippen LogP contribution in [0.3, 0.4) is 0 Å². The minimum absolute atomic E-state index is 0.218. The van der Waals surface area contributed by atoms with Crippen molar-refractivity contribution in [3.05, 3.63) is 35.9 Å². The van der Waals surface area contributed by atoms with Crippen LogP contribution in [0.25, 0.3) is 5.57 Å². The Morgan fingerprint density at radius 3 is 2.79 bits per heavy atom. The Morgan fingerprint density at radius 1 is 1.36 bits per heavy atom. The second kappa shape index (κ2) is 3.84. The topological polar surface area (TPSA) is 35.2 Å². The SMILES string of the molecule is COc1ccccc1C1=CC(N)CC1. The fourth-order valence-corrected chi connectivity index (χ4v) is 1.88. The summed E-state index contributed by atoms with van der Waals surface area (Å²) in [5.74, 6) is 0.938. The predicted octanol–water partition coefficient (Wildman–Crippen LogP) is 2.20. The molecule has 0 fully saturated rings. The van der Waals surface area contributed by atoms with Gasteiger partial charge in [-0.3, -0.25) is 0 Å². The van der Waals surface area contributed by atoms with E-state index in [4.69, 9.17) is 10.5 Å². The molecule has 0 saturated heterocycles. The van der Waals surface area contributed by atoms with Gasteiger partial charge in [0.2, 0.25) is 0 Å². The summed E-state index contributed by atoms with van der Waals surface area (Å²) in [5.41, 5.74) is 8.33. The van der Waals surface area contributed by atoms with Crippen molar-refractivity contribution in [2.75, 3.05) is 7.11 Å². The molecule has 0 radical (unpaired) electrons. The van der Waals surface area contributed by atoms with Crippen molar-refractivity contribution in [1.29, 1.82) is 0 Å². The maximum absolute atomic E-state index is 5.84. The van der Waals surface area contributed by atoms with E-state index >= 15 is 0 Å². The van der Waals surface area contributed by atoms with E-state index in [-0.39, 0.29) is 6.04 Å². The predicted molar refractivity (Wildman–Crippen MR) is 58.2 cm³/mol. The fourth-order valence-electron chi connectivity index (χ4n) is 1.88. The van der Waals surface area contributed by atoms with Crippen molar-refractivity contribution >= 4 is 5.57 Å². The van der Waals surface area contributed by atoms with Gasteiger partial charge in [0.1, 0.15) is 5.75 Å². The third-order valence-corrected chi connectivity index (χ3v) is 2.62. The maximum Gasteiger partial charge on any atom is 0.126 e. The number of allylic oxidation sites excluding steroid dienone is 1. The zero-order valence-corrected chi connectivity index (χ0v) is 8.36. The monoisotopic (exact) mass is 189 g/mol. The van der Waals surface area contributed by atoms with Crippen molar-refractivity contribution in [2.24, 2.45) is 5.73 Å². The van der Waals surface area contributed by atoms with Gasteiger partial charge in [0.15, 0.2) is 0 Å². The van der Waals surface area contributed by atoms with Crippen LogP contribution in [0.4, 0.5) is 0 Å². The second-order valence-corrected chi connectivity index (χ2v) is 3.59. The lowest BCUT2D eigenvalue weighted by atomic mass is 10.0. The number of para-hydroxylation sites is 1. The zero-order chi connectivity index (χ0) is 9.97. The average molecular weight is 189 g/mol. The first-order valence-electron chi connectivity index (χ1n) is 4.91. The van der Waals surface area contributed by atoms with Crippen LogP contribution in [0, 0.1) is 0 Å². The molecule has 1 aliphatic carbocycles. The van der Waals surface area contributed by atoms with E-state index in [0.29, 0.717) is 0 Å². The number of methoxy groups -OCH3 is 1. The Bertz CT molecular complexity index is 357. The van der Waals surface area contributed by atoms with Crippen molar-refractivity contribution in [2.45, 2.75) is 18.9 Å². The van der Waals surface area contributed by atoms with Crippen LogP contribution < -0.4 is 10.5 Å². The quantitative estimate of drug-likeness (QED) is 0.774. The molecule has 2 nitrogen and oxygen atoms in total. The summed E-state index contributed by atoms with van der Waals surface area (Å²) in [4.78, 5) is 0. The van der Waals surface area contributed by atoms with E-state index in [1.807, 2.05) is 18.2 Å². The number of ether oxygens (including phenoxy) is 1. The van der Waals surface area contributed by atoms with E-state index in [9.17, 15) is 0 Å². The second-order valence-electron chi connectivity index (χ2n) is 3.59. The fraction of sp³-hybridized carbons (Fsp3) is 0.333. The summed E-state index contributed by atoms with van der Waals surface area (Å²) in [7, 11) is 1.70. The molecule has 1 aliphatic rings. The lowest BCUT2D eigenvalue weighted by Crippen LogP contribution is -2.11. The molecule has 0 aromatic heterocycles. The van der Waals surface area contributed by atoms with Gasteiger partial charge in [-0.15, -0.1) is 0 Å². The van der Waals surface area contributed by atoms with Crippen LogP contribution in [0.15, 0.2) is 30.3 Å². The van der Waals surface area contributed by atoms with Crippen molar-refractivity contribution < 1.29 is 4.74 Å². The number of benzene rings is 1. The van der Waals surface area contributed by atoms with E-state index in [2.05, 4.69) is 12.1 Å². The highest BCUT2D eigenvalue weighted by atomic mass is 16.5. The Hall–Kier alpha value is -1.28. The summed E-state index contributed by atoms with van der Waals surface area (Å²) < 4.78 is 5.31. The first kappa shape index (κ1) is 9.28. The first-order chi connectivity index (χ1) is 6.81. The number of hydrogen-bond acceptors (Lipinski definition) is 2. The molecule has 0 heterocycles. The van der Waals surface area contributed by atoms with Gasteiger partial charge in [0.05, 0.1) is 7.11 Å². The van der Waals surface area contributed by atoms with Gasteiger partial charge in [-0.1, -0.05) is 24.3 Å². The molecular formula is C12H15NO.